The Morgan fingerprint density at radius 3 is 2.17 bits per heavy atom. The van der Waals surface area contributed by atoms with E-state index in [1.165, 1.54) is 0 Å². The second kappa shape index (κ2) is 13.6. The van der Waals surface area contributed by atoms with E-state index < -0.39 is 24.3 Å². The van der Waals surface area contributed by atoms with Crippen LogP contribution in [0.3, 0.4) is 0 Å². The number of hydrogen-bond donors (Lipinski definition) is 3. The van der Waals surface area contributed by atoms with Crippen LogP contribution in [0, 0.1) is 0 Å². The van der Waals surface area contributed by atoms with Gasteiger partial charge < -0.3 is 15.4 Å². The molecule has 0 aliphatic heterocycles. The highest BCUT2D eigenvalue weighted by molar-refractivity contribution is 14.0. The van der Waals surface area contributed by atoms with Crippen LogP contribution in [0.25, 0.3) is 0 Å². The number of hydrogen-bond acceptors (Lipinski definition) is 3. The van der Waals surface area contributed by atoms with Crippen molar-refractivity contribution in [1.29, 1.82) is 0 Å². The van der Waals surface area contributed by atoms with Crippen molar-refractivity contribution in [3.63, 3.8) is 0 Å². The zero-order valence-electron chi connectivity index (χ0n) is 17.9. The first-order valence-corrected chi connectivity index (χ1v) is 9.59. The van der Waals surface area contributed by atoms with E-state index in [9.17, 15) is 18.0 Å². The van der Waals surface area contributed by atoms with Crippen LogP contribution in [-0.4, -0.2) is 44.0 Å². The minimum absolute atomic E-state index is 0. The molecule has 0 bridgehead atoms. The van der Waals surface area contributed by atoms with Gasteiger partial charge in [-0.15, -0.1) is 24.0 Å². The van der Waals surface area contributed by atoms with E-state index in [0.29, 0.717) is 31.2 Å². The van der Waals surface area contributed by atoms with Crippen LogP contribution in [0.15, 0.2) is 29.3 Å². The maximum Gasteiger partial charge on any atom is 0.412 e. The van der Waals surface area contributed by atoms with Gasteiger partial charge in [-0.3, -0.25) is 10.3 Å². The van der Waals surface area contributed by atoms with Crippen LogP contribution < -0.4 is 16.0 Å². The van der Waals surface area contributed by atoms with E-state index in [-0.39, 0.29) is 30.4 Å². The second-order valence-corrected chi connectivity index (χ2v) is 7.57. The molecule has 0 radical (unpaired) electrons. The van der Waals surface area contributed by atoms with Gasteiger partial charge in [0.05, 0.1) is 0 Å². The number of rotatable bonds is 8. The number of alkyl halides is 3. The number of carbonyl (C=O) groups is 1. The maximum atomic E-state index is 12.1. The van der Waals surface area contributed by atoms with Gasteiger partial charge in [0, 0.05) is 32.2 Å². The normalized spacial score (nSPS) is 12.0. The third-order valence-electron chi connectivity index (χ3n) is 3.71. The lowest BCUT2D eigenvalue weighted by Gasteiger charge is -2.19. The Labute approximate surface area is 193 Å². The molecule has 1 aromatic carbocycles. The number of halogens is 4. The van der Waals surface area contributed by atoms with Crippen LogP contribution in [0.1, 0.15) is 45.6 Å². The van der Waals surface area contributed by atoms with E-state index in [1.807, 2.05) is 12.1 Å². The predicted octanol–water partition coefficient (Wildman–Crippen LogP) is 5.09. The van der Waals surface area contributed by atoms with E-state index in [1.54, 1.807) is 40.0 Å². The summed E-state index contributed by atoms with van der Waals surface area (Å²) < 4.78 is 41.5. The lowest BCUT2D eigenvalue weighted by molar-refractivity contribution is -0.135. The molecule has 0 spiro atoms. The van der Waals surface area contributed by atoms with Crippen LogP contribution in [0.2, 0.25) is 0 Å². The molecule has 0 fully saturated rings. The molecule has 6 nitrogen and oxygen atoms in total. The summed E-state index contributed by atoms with van der Waals surface area (Å²) in [7, 11) is 1.61. The summed E-state index contributed by atoms with van der Waals surface area (Å²) >= 11 is 0. The molecule has 0 aromatic heterocycles. The minimum atomic E-state index is -4.10. The van der Waals surface area contributed by atoms with Crippen LogP contribution in [-0.2, 0) is 11.2 Å². The summed E-state index contributed by atoms with van der Waals surface area (Å²) in [5.74, 6) is 0.556. The molecule has 1 amide bonds. The molecule has 0 atom stereocenters. The van der Waals surface area contributed by atoms with E-state index in [2.05, 4.69) is 20.9 Å². The van der Waals surface area contributed by atoms with Gasteiger partial charge >= 0.3 is 12.3 Å². The lowest BCUT2D eigenvalue weighted by Crippen LogP contribution is -2.38. The van der Waals surface area contributed by atoms with Crippen molar-refractivity contribution in [3.8, 4) is 0 Å². The van der Waals surface area contributed by atoms with Crippen LogP contribution in [0.4, 0.5) is 23.7 Å². The fraction of sp³-hybridized carbons (Fsp3) is 0.600. The SMILES string of the molecule is CN=C(NCCCCC(F)(F)F)NCCc1ccc(NC(=O)OC(C)(C)C)cc1.I. The minimum Gasteiger partial charge on any atom is -0.444 e. The van der Waals surface area contributed by atoms with Gasteiger partial charge in [-0.25, -0.2) is 4.79 Å². The topological polar surface area (TPSA) is 74.8 Å². The number of nitrogens with one attached hydrogen (secondary N) is 3. The summed E-state index contributed by atoms with van der Waals surface area (Å²) in [5, 5.41) is 8.80. The molecule has 172 valence electrons. The van der Waals surface area contributed by atoms with E-state index in [4.69, 9.17) is 4.74 Å². The van der Waals surface area contributed by atoms with Crippen molar-refractivity contribution < 1.29 is 22.7 Å². The van der Waals surface area contributed by atoms with Gasteiger partial charge in [0.15, 0.2) is 5.96 Å². The second-order valence-electron chi connectivity index (χ2n) is 7.57. The van der Waals surface area contributed by atoms with Crippen molar-refractivity contribution in [3.05, 3.63) is 29.8 Å². The van der Waals surface area contributed by atoms with Crippen molar-refractivity contribution >= 4 is 41.7 Å². The Kier molecular flexibility index (Phi) is 12.8. The average Bonchev–Trinajstić information content (AvgIpc) is 2.58. The third kappa shape index (κ3) is 14.3. The maximum absolute atomic E-state index is 12.1. The Morgan fingerprint density at radius 2 is 1.63 bits per heavy atom. The molecule has 1 rings (SSSR count). The Bertz CT molecular complexity index is 660. The van der Waals surface area contributed by atoms with Gasteiger partial charge in [0.25, 0.3) is 0 Å². The summed E-state index contributed by atoms with van der Waals surface area (Å²) in [6.07, 6.45) is -4.13. The van der Waals surface area contributed by atoms with E-state index >= 15 is 0 Å². The summed E-state index contributed by atoms with van der Waals surface area (Å²) in [6.45, 7) is 6.44. The molecule has 3 N–H and O–H groups in total. The molecule has 30 heavy (non-hydrogen) atoms. The summed E-state index contributed by atoms with van der Waals surface area (Å²) in [4.78, 5) is 15.8. The number of ether oxygens (including phenoxy) is 1. The number of carbonyl (C=O) groups excluding carboxylic acids is 1. The quantitative estimate of drug-likeness (QED) is 0.185. The fourth-order valence-electron chi connectivity index (χ4n) is 2.38. The highest BCUT2D eigenvalue weighted by Gasteiger charge is 2.25. The van der Waals surface area contributed by atoms with Gasteiger partial charge in [-0.2, -0.15) is 13.2 Å². The first kappa shape index (κ1) is 28.3. The number of amides is 1. The van der Waals surface area contributed by atoms with Crippen molar-refractivity contribution in [2.45, 2.75) is 58.2 Å². The third-order valence-corrected chi connectivity index (χ3v) is 3.71. The average molecular weight is 544 g/mol. The lowest BCUT2D eigenvalue weighted by atomic mass is 10.1. The first-order valence-electron chi connectivity index (χ1n) is 9.59. The summed E-state index contributed by atoms with van der Waals surface area (Å²) in [5.41, 5.74) is 1.15. The van der Waals surface area contributed by atoms with Crippen molar-refractivity contribution in [2.24, 2.45) is 4.99 Å². The number of anilines is 1. The highest BCUT2D eigenvalue weighted by Crippen LogP contribution is 2.21. The molecule has 0 aliphatic carbocycles. The standard InChI is InChI=1S/C20H31F3N4O2.HI/c1-19(2,3)29-18(28)27-16-9-7-15(8-10-16)11-14-26-17(24-4)25-13-6-5-12-20(21,22)23;/h7-10H,5-6,11-14H2,1-4H3,(H,27,28)(H2,24,25,26);1H. The van der Waals surface area contributed by atoms with Gasteiger partial charge in [-0.05, 0) is 57.7 Å². The largest absolute Gasteiger partial charge is 0.444 e. The predicted molar refractivity (Wildman–Crippen MR) is 125 cm³/mol. The molecular weight excluding hydrogens is 512 g/mol. The highest BCUT2D eigenvalue weighted by atomic mass is 127. The molecule has 1 aromatic rings. The number of unbranched alkanes of at least 4 members (excludes halogenated alkanes) is 1. The van der Waals surface area contributed by atoms with Gasteiger partial charge in [0.1, 0.15) is 5.60 Å². The molecule has 0 unspecified atom stereocenters. The number of guanidine groups is 1. The summed E-state index contributed by atoms with van der Waals surface area (Å²) in [6, 6.07) is 7.41. The molecule has 0 saturated heterocycles. The fourth-order valence-corrected chi connectivity index (χ4v) is 2.38. The Hall–Kier alpha value is -1.72. The van der Waals surface area contributed by atoms with Gasteiger partial charge in [0.2, 0.25) is 0 Å². The monoisotopic (exact) mass is 544 g/mol. The Morgan fingerprint density at radius 1 is 1.03 bits per heavy atom. The molecule has 0 heterocycles. The smallest absolute Gasteiger partial charge is 0.412 e. The zero-order chi connectivity index (χ0) is 21.9. The zero-order valence-corrected chi connectivity index (χ0v) is 20.2. The van der Waals surface area contributed by atoms with Gasteiger partial charge in [-0.1, -0.05) is 12.1 Å². The van der Waals surface area contributed by atoms with Crippen molar-refractivity contribution in [1.82, 2.24) is 10.6 Å². The van der Waals surface area contributed by atoms with Crippen LogP contribution >= 0.6 is 24.0 Å². The molecule has 10 heteroatoms. The number of nitrogens with zero attached hydrogens (tertiary/aromatic N) is 1. The number of benzene rings is 1. The molecule has 0 aliphatic rings. The molecule has 0 saturated carbocycles. The van der Waals surface area contributed by atoms with Crippen LogP contribution in [0.5, 0.6) is 0 Å². The number of aliphatic imine (C=N–C) groups is 1. The van der Waals surface area contributed by atoms with Crippen molar-refractivity contribution in [2.75, 3.05) is 25.5 Å². The first-order chi connectivity index (χ1) is 13.5. The Balaban J connectivity index is 0.00000841. The molecular formula is C20H32F3IN4O2. The van der Waals surface area contributed by atoms with E-state index in [0.717, 1.165) is 12.0 Å².